The Kier molecular flexibility index (Phi) is 4.52. The highest BCUT2D eigenvalue weighted by Gasteiger charge is 2.10. The molecule has 0 aliphatic carbocycles. The Bertz CT molecular complexity index is 1490. The second kappa shape index (κ2) is 7.37. The molecule has 0 unspecified atom stereocenters. The summed E-state index contributed by atoms with van der Waals surface area (Å²) in [4.78, 5) is 8.91. The molecule has 0 spiro atoms. The van der Waals surface area contributed by atoms with Gasteiger partial charge in [-0.05, 0) is 53.6 Å². The van der Waals surface area contributed by atoms with Crippen molar-refractivity contribution in [3.63, 3.8) is 0 Å². The Morgan fingerprint density at radius 1 is 0.903 bits per heavy atom. The lowest BCUT2D eigenvalue weighted by Gasteiger charge is -2.09. The van der Waals surface area contributed by atoms with E-state index >= 15 is 0 Å². The largest absolute Gasteiger partial charge is 0.299 e. The minimum Gasteiger partial charge on any atom is -0.299 e. The maximum atomic E-state index is 11.6. The number of hydrogen-bond acceptors (Lipinski definition) is 5. The van der Waals surface area contributed by atoms with Gasteiger partial charge in [-0.1, -0.05) is 12.1 Å². The summed E-state index contributed by atoms with van der Waals surface area (Å²) in [6.07, 6.45) is 10.2. The van der Waals surface area contributed by atoms with Crippen LogP contribution in [0, 0.1) is 0 Å². The first-order chi connectivity index (χ1) is 15.0. The number of imidazole rings is 1. The van der Waals surface area contributed by atoms with Crippen molar-refractivity contribution < 1.29 is 8.42 Å². The lowest BCUT2D eigenvalue weighted by molar-refractivity contribution is 0.607. The van der Waals surface area contributed by atoms with Crippen molar-refractivity contribution in [1.29, 1.82) is 0 Å². The molecule has 5 rings (SSSR count). The maximum absolute atomic E-state index is 11.6. The molecule has 8 nitrogen and oxygen atoms in total. The molecule has 4 aromatic heterocycles. The van der Waals surface area contributed by atoms with Gasteiger partial charge in [0.05, 0.1) is 18.1 Å². The van der Waals surface area contributed by atoms with Crippen molar-refractivity contribution in [2.24, 2.45) is 0 Å². The van der Waals surface area contributed by atoms with Crippen molar-refractivity contribution in [2.75, 3.05) is 11.0 Å². The highest BCUT2D eigenvalue weighted by Crippen LogP contribution is 2.27. The lowest BCUT2D eigenvalue weighted by atomic mass is 10.1. The molecule has 0 radical (unpaired) electrons. The Morgan fingerprint density at radius 3 is 2.61 bits per heavy atom. The van der Waals surface area contributed by atoms with Crippen LogP contribution in [0.5, 0.6) is 0 Å². The van der Waals surface area contributed by atoms with E-state index in [0.29, 0.717) is 11.5 Å². The van der Waals surface area contributed by atoms with Gasteiger partial charge in [-0.3, -0.25) is 9.12 Å². The number of fused-ring (bicyclic) bond motifs is 1. The lowest BCUT2D eigenvalue weighted by Crippen LogP contribution is -2.09. The molecule has 0 saturated heterocycles. The van der Waals surface area contributed by atoms with Gasteiger partial charge in [-0.15, -0.1) is 0 Å². The molecule has 0 bridgehead atoms. The number of hydrogen-bond donors (Lipinski definition) is 1. The highest BCUT2D eigenvalue weighted by atomic mass is 32.2. The molecular weight excluding hydrogens is 412 g/mol. The molecule has 0 aliphatic rings. The fraction of sp³-hybridized carbons (Fsp3) is 0.0455. The third-order valence-electron chi connectivity index (χ3n) is 4.79. The molecule has 0 atom stereocenters. The fourth-order valence-electron chi connectivity index (χ4n) is 3.45. The average Bonchev–Trinajstić information content (AvgIpc) is 3.42. The quantitative estimate of drug-likeness (QED) is 0.460. The normalized spacial score (nSPS) is 11.6. The maximum Gasteiger partial charge on any atom is 0.229 e. The molecule has 0 amide bonds. The summed E-state index contributed by atoms with van der Waals surface area (Å²) in [6, 6.07) is 16.9. The van der Waals surface area contributed by atoms with Gasteiger partial charge in [0.2, 0.25) is 10.0 Å². The van der Waals surface area contributed by atoms with Crippen LogP contribution < -0.4 is 4.72 Å². The topological polar surface area (TPSA) is 94.2 Å². The predicted octanol–water partition coefficient (Wildman–Crippen LogP) is 3.62. The molecule has 0 fully saturated rings. The second-order valence-electron chi connectivity index (χ2n) is 7.10. The zero-order valence-electron chi connectivity index (χ0n) is 16.5. The number of nitrogens with zero attached hydrogens (tertiary/aromatic N) is 5. The molecule has 1 aromatic carbocycles. The van der Waals surface area contributed by atoms with Crippen LogP contribution in [-0.2, 0) is 10.0 Å². The number of aromatic nitrogens is 5. The Balaban J connectivity index is 1.57. The third kappa shape index (κ3) is 3.90. The van der Waals surface area contributed by atoms with E-state index < -0.39 is 10.0 Å². The molecule has 154 valence electrons. The van der Waals surface area contributed by atoms with Crippen LogP contribution in [0.15, 0.2) is 85.6 Å². The summed E-state index contributed by atoms with van der Waals surface area (Å²) < 4.78 is 29.4. The van der Waals surface area contributed by atoms with Crippen LogP contribution >= 0.6 is 0 Å². The first-order valence-electron chi connectivity index (χ1n) is 9.48. The number of nitrogens with one attached hydrogen (secondary N) is 1. The molecule has 4 heterocycles. The minimum atomic E-state index is -3.35. The second-order valence-corrected chi connectivity index (χ2v) is 8.85. The van der Waals surface area contributed by atoms with Crippen molar-refractivity contribution in [2.45, 2.75) is 0 Å². The third-order valence-corrected chi connectivity index (χ3v) is 5.39. The Hall–Kier alpha value is -3.98. The smallest absolute Gasteiger partial charge is 0.229 e. The van der Waals surface area contributed by atoms with E-state index in [1.807, 2.05) is 65.5 Å². The first-order valence-corrected chi connectivity index (χ1v) is 11.4. The van der Waals surface area contributed by atoms with Crippen LogP contribution in [0.4, 0.5) is 5.69 Å². The Labute approximate surface area is 178 Å². The van der Waals surface area contributed by atoms with Gasteiger partial charge in [-0.25, -0.2) is 23.1 Å². The van der Waals surface area contributed by atoms with Gasteiger partial charge in [0, 0.05) is 36.0 Å². The van der Waals surface area contributed by atoms with E-state index in [1.165, 1.54) is 0 Å². The van der Waals surface area contributed by atoms with Crippen molar-refractivity contribution in [3.8, 4) is 28.2 Å². The van der Waals surface area contributed by atoms with Gasteiger partial charge in [0.15, 0.2) is 5.82 Å². The van der Waals surface area contributed by atoms with E-state index in [1.54, 1.807) is 29.2 Å². The van der Waals surface area contributed by atoms with E-state index in [2.05, 4.69) is 19.8 Å². The number of rotatable bonds is 5. The molecule has 31 heavy (non-hydrogen) atoms. The summed E-state index contributed by atoms with van der Waals surface area (Å²) in [5.74, 6) is 0.716. The standard InChI is InChI=1S/C22H18N6O2S/c1-31(29,30)26-19-5-2-4-16(12-19)18-6-7-21-24-14-20(27(21)15-18)17-8-10-23-22(13-17)28-11-3-9-25-28/h2-15,26H,1H3. The number of pyridine rings is 2. The number of benzene rings is 1. The van der Waals surface area contributed by atoms with E-state index in [-0.39, 0.29) is 0 Å². The summed E-state index contributed by atoms with van der Waals surface area (Å²) in [5.41, 5.74) is 5.02. The Morgan fingerprint density at radius 2 is 1.81 bits per heavy atom. The molecule has 0 aliphatic heterocycles. The summed E-state index contributed by atoms with van der Waals surface area (Å²) >= 11 is 0. The van der Waals surface area contributed by atoms with Crippen LogP contribution in [0.2, 0.25) is 0 Å². The SMILES string of the molecule is CS(=O)(=O)Nc1cccc(-c2ccc3ncc(-c4ccnc(-n5cccn5)c4)n3c2)c1. The number of anilines is 1. The van der Waals surface area contributed by atoms with Crippen molar-refractivity contribution in [1.82, 2.24) is 24.1 Å². The van der Waals surface area contributed by atoms with Crippen LogP contribution in [-0.4, -0.2) is 38.8 Å². The highest BCUT2D eigenvalue weighted by molar-refractivity contribution is 7.92. The zero-order valence-corrected chi connectivity index (χ0v) is 17.4. The molecule has 9 heteroatoms. The summed E-state index contributed by atoms with van der Waals surface area (Å²) in [6.45, 7) is 0. The van der Waals surface area contributed by atoms with E-state index in [9.17, 15) is 8.42 Å². The zero-order chi connectivity index (χ0) is 21.4. The fourth-order valence-corrected chi connectivity index (χ4v) is 4.00. The minimum absolute atomic E-state index is 0.518. The van der Waals surface area contributed by atoms with Gasteiger partial charge in [0.25, 0.3) is 0 Å². The van der Waals surface area contributed by atoms with Crippen molar-refractivity contribution >= 4 is 21.4 Å². The van der Waals surface area contributed by atoms with Crippen LogP contribution in [0.3, 0.4) is 0 Å². The first kappa shape index (κ1) is 19.0. The summed E-state index contributed by atoms with van der Waals surface area (Å²) in [5, 5.41) is 4.24. The van der Waals surface area contributed by atoms with Crippen LogP contribution in [0.1, 0.15) is 0 Å². The van der Waals surface area contributed by atoms with Gasteiger partial charge < -0.3 is 0 Å². The van der Waals surface area contributed by atoms with Crippen LogP contribution in [0.25, 0.3) is 33.8 Å². The number of sulfonamides is 1. The molecule has 0 saturated carbocycles. The van der Waals surface area contributed by atoms with E-state index in [4.69, 9.17) is 0 Å². The predicted molar refractivity (Wildman–Crippen MR) is 119 cm³/mol. The molecule has 1 N–H and O–H groups in total. The van der Waals surface area contributed by atoms with Crippen molar-refractivity contribution in [3.05, 3.63) is 85.6 Å². The van der Waals surface area contributed by atoms with E-state index in [0.717, 1.165) is 34.3 Å². The molecular formula is C22H18N6O2S. The van der Waals surface area contributed by atoms with Gasteiger partial charge in [-0.2, -0.15) is 5.10 Å². The van der Waals surface area contributed by atoms with Gasteiger partial charge >= 0.3 is 0 Å². The van der Waals surface area contributed by atoms with Gasteiger partial charge in [0.1, 0.15) is 5.65 Å². The molecule has 5 aromatic rings. The summed E-state index contributed by atoms with van der Waals surface area (Å²) in [7, 11) is -3.35. The average molecular weight is 430 g/mol. The monoisotopic (exact) mass is 430 g/mol.